The van der Waals surface area contributed by atoms with Crippen molar-refractivity contribution in [1.29, 1.82) is 0 Å². The smallest absolute Gasteiger partial charge is 0.206 e. The highest BCUT2D eigenvalue weighted by molar-refractivity contribution is 5.79. The van der Waals surface area contributed by atoms with Gasteiger partial charge < -0.3 is 5.32 Å². The standard InChI is InChI=1S/C11H19N5/c1-8(2)15-11(16-12)14-7-10-9(3)5-4-6-13-10/h4-6,8H,7,12H2,1-3H3,(H2,14,15,16). The van der Waals surface area contributed by atoms with Gasteiger partial charge in [-0.25, -0.2) is 10.8 Å². The molecule has 4 N–H and O–H groups in total. The number of rotatable bonds is 3. The van der Waals surface area contributed by atoms with Crippen molar-refractivity contribution in [2.75, 3.05) is 0 Å². The highest BCUT2D eigenvalue weighted by atomic mass is 15.3. The van der Waals surface area contributed by atoms with Gasteiger partial charge in [0.05, 0.1) is 12.2 Å². The Kier molecular flexibility index (Phi) is 4.72. The first kappa shape index (κ1) is 12.4. The number of hydrogen-bond acceptors (Lipinski definition) is 3. The predicted molar refractivity (Wildman–Crippen MR) is 65.7 cm³/mol. The molecule has 0 aromatic carbocycles. The van der Waals surface area contributed by atoms with Crippen LogP contribution in [0.15, 0.2) is 23.3 Å². The van der Waals surface area contributed by atoms with E-state index in [1.807, 2.05) is 32.9 Å². The molecule has 0 fully saturated rings. The Hall–Kier alpha value is -1.62. The summed E-state index contributed by atoms with van der Waals surface area (Å²) in [6, 6.07) is 4.22. The van der Waals surface area contributed by atoms with E-state index in [0.29, 0.717) is 18.5 Å². The molecule has 0 bridgehead atoms. The van der Waals surface area contributed by atoms with E-state index in [-0.39, 0.29) is 0 Å². The van der Waals surface area contributed by atoms with Crippen LogP contribution in [0.2, 0.25) is 0 Å². The molecule has 0 saturated carbocycles. The summed E-state index contributed by atoms with van der Waals surface area (Å²) >= 11 is 0. The molecule has 88 valence electrons. The van der Waals surface area contributed by atoms with Crippen molar-refractivity contribution >= 4 is 5.96 Å². The van der Waals surface area contributed by atoms with E-state index in [1.54, 1.807) is 6.20 Å². The minimum atomic E-state index is 0.291. The quantitative estimate of drug-likeness (QED) is 0.304. The van der Waals surface area contributed by atoms with Gasteiger partial charge in [0.25, 0.3) is 0 Å². The fourth-order valence-corrected chi connectivity index (χ4v) is 1.24. The molecule has 1 aromatic heterocycles. The number of aromatic nitrogens is 1. The molecule has 0 saturated heterocycles. The van der Waals surface area contributed by atoms with Crippen molar-refractivity contribution in [3.63, 3.8) is 0 Å². The number of guanidine groups is 1. The van der Waals surface area contributed by atoms with Crippen LogP contribution in [-0.4, -0.2) is 17.0 Å². The SMILES string of the molecule is Cc1cccnc1CN=C(NN)NC(C)C. The van der Waals surface area contributed by atoms with Crippen LogP contribution >= 0.6 is 0 Å². The zero-order valence-electron chi connectivity index (χ0n) is 9.99. The van der Waals surface area contributed by atoms with Gasteiger partial charge in [-0.1, -0.05) is 6.07 Å². The largest absolute Gasteiger partial charge is 0.353 e. The first-order valence-electron chi connectivity index (χ1n) is 5.31. The van der Waals surface area contributed by atoms with E-state index < -0.39 is 0 Å². The number of nitrogens with two attached hydrogens (primary N) is 1. The molecule has 5 nitrogen and oxygen atoms in total. The molecule has 0 unspecified atom stereocenters. The van der Waals surface area contributed by atoms with Crippen LogP contribution in [0, 0.1) is 6.92 Å². The summed E-state index contributed by atoms with van der Waals surface area (Å²) in [6.07, 6.45) is 1.77. The third-order valence-electron chi connectivity index (χ3n) is 2.07. The van der Waals surface area contributed by atoms with Gasteiger partial charge in [0.15, 0.2) is 0 Å². The van der Waals surface area contributed by atoms with Gasteiger partial charge in [0.1, 0.15) is 0 Å². The molecule has 0 amide bonds. The summed E-state index contributed by atoms with van der Waals surface area (Å²) in [6.45, 7) is 6.59. The van der Waals surface area contributed by atoms with Crippen LogP contribution in [0.1, 0.15) is 25.1 Å². The number of hydrogen-bond donors (Lipinski definition) is 3. The van der Waals surface area contributed by atoms with Gasteiger partial charge in [0.2, 0.25) is 5.96 Å². The average molecular weight is 221 g/mol. The maximum atomic E-state index is 5.36. The van der Waals surface area contributed by atoms with Gasteiger partial charge in [-0.3, -0.25) is 10.4 Å². The van der Waals surface area contributed by atoms with Crippen LogP contribution < -0.4 is 16.6 Å². The third-order valence-corrected chi connectivity index (χ3v) is 2.07. The Morgan fingerprint density at radius 1 is 1.56 bits per heavy atom. The molecular formula is C11H19N5. The first-order valence-corrected chi connectivity index (χ1v) is 5.31. The van der Waals surface area contributed by atoms with E-state index in [9.17, 15) is 0 Å². The van der Waals surface area contributed by atoms with Crippen molar-refractivity contribution < 1.29 is 0 Å². The average Bonchev–Trinajstić information content (AvgIpc) is 2.25. The second-order valence-electron chi connectivity index (χ2n) is 3.88. The topological polar surface area (TPSA) is 75.3 Å². The van der Waals surface area contributed by atoms with E-state index in [2.05, 4.69) is 20.7 Å². The second kappa shape index (κ2) is 6.07. The third kappa shape index (κ3) is 3.86. The monoisotopic (exact) mass is 221 g/mol. The van der Waals surface area contributed by atoms with Gasteiger partial charge in [-0.05, 0) is 32.4 Å². The summed E-state index contributed by atoms with van der Waals surface area (Å²) < 4.78 is 0. The zero-order chi connectivity index (χ0) is 12.0. The number of pyridine rings is 1. The molecule has 1 aromatic rings. The van der Waals surface area contributed by atoms with E-state index in [1.165, 1.54) is 0 Å². The highest BCUT2D eigenvalue weighted by Gasteiger charge is 2.00. The number of hydrazine groups is 1. The summed E-state index contributed by atoms with van der Waals surface area (Å²) in [5.41, 5.74) is 4.62. The Labute approximate surface area is 96.1 Å². The fourth-order valence-electron chi connectivity index (χ4n) is 1.24. The molecule has 1 rings (SSSR count). The van der Waals surface area contributed by atoms with Gasteiger partial charge in [-0.2, -0.15) is 0 Å². The van der Waals surface area contributed by atoms with Crippen LogP contribution in [0.4, 0.5) is 0 Å². The molecule has 0 radical (unpaired) electrons. The molecule has 0 spiro atoms. The molecule has 0 atom stereocenters. The number of nitrogens with one attached hydrogen (secondary N) is 2. The lowest BCUT2D eigenvalue weighted by molar-refractivity contribution is 0.701. The van der Waals surface area contributed by atoms with Crippen molar-refractivity contribution in [1.82, 2.24) is 15.7 Å². The van der Waals surface area contributed by atoms with E-state index in [0.717, 1.165) is 11.3 Å². The summed E-state index contributed by atoms with van der Waals surface area (Å²) in [4.78, 5) is 8.58. The van der Waals surface area contributed by atoms with Crippen molar-refractivity contribution in [3.05, 3.63) is 29.6 Å². The Morgan fingerprint density at radius 3 is 2.88 bits per heavy atom. The van der Waals surface area contributed by atoms with Crippen molar-refractivity contribution in [2.45, 2.75) is 33.4 Å². The molecule has 0 aliphatic rings. The minimum absolute atomic E-state index is 0.291. The lowest BCUT2D eigenvalue weighted by atomic mass is 10.2. The maximum Gasteiger partial charge on any atom is 0.206 e. The molecule has 0 aliphatic carbocycles. The molecule has 16 heavy (non-hydrogen) atoms. The molecular weight excluding hydrogens is 202 g/mol. The molecule has 5 heteroatoms. The normalized spacial score (nSPS) is 11.7. The van der Waals surface area contributed by atoms with E-state index in [4.69, 9.17) is 5.84 Å². The summed E-state index contributed by atoms with van der Waals surface area (Å²) in [5.74, 6) is 5.94. The Balaban J connectivity index is 2.67. The second-order valence-corrected chi connectivity index (χ2v) is 3.88. The van der Waals surface area contributed by atoms with Gasteiger partial charge in [0, 0.05) is 12.2 Å². The van der Waals surface area contributed by atoms with Crippen LogP contribution in [0.25, 0.3) is 0 Å². The Morgan fingerprint density at radius 2 is 2.31 bits per heavy atom. The minimum Gasteiger partial charge on any atom is -0.353 e. The Bertz CT molecular complexity index is 359. The first-order chi connectivity index (χ1) is 7.63. The van der Waals surface area contributed by atoms with Gasteiger partial charge >= 0.3 is 0 Å². The number of aryl methyl sites for hydroxylation is 1. The van der Waals surface area contributed by atoms with Crippen LogP contribution in [0.3, 0.4) is 0 Å². The predicted octanol–water partition coefficient (Wildman–Crippen LogP) is 0.707. The van der Waals surface area contributed by atoms with Gasteiger partial charge in [-0.15, -0.1) is 0 Å². The summed E-state index contributed by atoms with van der Waals surface area (Å²) in [5, 5.41) is 3.11. The zero-order valence-corrected chi connectivity index (χ0v) is 9.99. The lowest BCUT2D eigenvalue weighted by Gasteiger charge is -2.12. The fraction of sp³-hybridized carbons (Fsp3) is 0.455. The maximum absolute atomic E-state index is 5.36. The van der Waals surface area contributed by atoms with Crippen LogP contribution in [0.5, 0.6) is 0 Å². The lowest BCUT2D eigenvalue weighted by Crippen LogP contribution is -2.44. The van der Waals surface area contributed by atoms with E-state index >= 15 is 0 Å². The van der Waals surface area contributed by atoms with Crippen molar-refractivity contribution in [3.8, 4) is 0 Å². The number of aliphatic imine (C=N–C) groups is 1. The molecule has 0 aliphatic heterocycles. The van der Waals surface area contributed by atoms with Crippen molar-refractivity contribution in [2.24, 2.45) is 10.8 Å². The molecule has 1 heterocycles. The summed E-state index contributed by atoms with van der Waals surface area (Å²) in [7, 11) is 0. The number of nitrogens with zero attached hydrogens (tertiary/aromatic N) is 2. The highest BCUT2D eigenvalue weighted by Crippen LogP contribution is 2.04. The van der Waals surface area contributed by atoms with Crippen LogP contribution in [-0.2, 0) is 6.54 Å².